The molecule has 2 amide bonds. The van der Waals surface area contributed by atoms with Gasteiger partial charge >= 0.3 is 6.03 Å². The molecule has 2 aromatic carbocycles. The van der Waals surface area contributed by atoms with Gasteiger partial charge in [-0.2, -0.15) is 5.10 Å². The van der Waals surface area contributed by atoms with E-state index in [1.807, 2.05) is 37.3 Å². The molecule has 0 saturated heterocycles. The molecular weight excluding hydrogens is 254 g/mol. The van der Waals surface area contributed by atoms with Crippen molar-refractivity contribution in [1.29, 1.82) is 0 Å². The second kappa shape index (κ2) is 4.77. The summed E-state index contributed by atoms with van der Waals surface area (Å²) in [4.78, 5) is 23.7. The van der Waals surface area contributed by atoms with E-state index in [2.05, 4.69) is 15.8 Å². The molecule has 2 aromatic rings. The van der Waals surface area contributed by atoms with E-state index in [0.717, 1.165) is 16.3 Å². The molecule has 0 spiro atoms. The Morgan fingerprint density at radius 2 is 1.85 bits per heavy atom. The largest absolute Gasteiger partial charge is 0.337 e. The van der Waals surface area contributed by atoms with Crippen molar-refractivity contribution in [2.45, 2.75) is 6.92 Å². The molecular formula is C15H13N3O2. The number of benzene rings is 2. The van der Waals surface area contributed by atoms with Crippen molar-refractivity contribution in [2.24, 2.45) is 5.10 Å². The van der Waals surface area contributed by atoms with Gasteiger partial charge in [-0.3, -0.25) is 4.79 Å². The van der Waals surface area contributed by atoms with Crippen LogP contribution in [0.3, 0.4) is 0 Å². The molecule has 100 valence electrons. The van der Waals surface area contributed by atoms with E-state index >= 15 is 0 Å². The van der Waals surface area contributed by atoms with Crippen molar-refractivity contribution in [1.82, 2.24) is 10.7 Å². The Bertz CT molecular complexity index is 745. The van der Waals surface area contributed by atoms with Crippen LogP contribution in [-0.2, 0) is 0 Å². The number of carbonyl (C=O) groups is 2. The predicted molar refractivity (Wildman–Crippen MR) is 77.0 cm³/mol. The number of urea groups is 1. The monoisotopic (exact) mass is 267 g/mol. The molecule has 0 saturated carbocycles. The summed E-state index contributed by atoms with van der Waals surface area (Å²) < 4.78 is 0. The van der Waals surface area contributed by atoms with Gasteiger partial charge in [0.2, 0.25) is 5.78 Å². The van der Waals surface area contributed by atoms with Gasteiger partial charge in [0, 0.05) is 23.1 Å². The summed E-state index contributed by atoms with van der Waals surface area (Å²) >= 11 is 0. The Labute approximate surface area is 115 Å². The number of hydrogen-bond donors (Lipinski definition) is 2. The van der Waals surface area contributed by atoms with Crippen molar-refractivity contribution in [3.05, 3.63) is 47.5 Å². The van der Waals surface area contributed by atoms with Gasteiger partial charge in [-0.25, -0.2) is 10.2 Å². The van der Waals surface area contributed by atoms with E-state index in [4.69, 9.17) is 0 Å². The second-order valence-electron chi connectivity index (χ2n) is 4.47. The van der Waals surface area contributed by atoms with E-state index in [9.17, 15) is 9.59 Å². The molecule has 0 heterocycles. The first-order valence-electron chi connectivity index (χ1n) is 6.40. The normalized spacial score (nSPS) is 14.8. The number of Topliss-reactive ketones (excluding diaryl/α,β-unsaturated/α-hetero) is 1. The summed E-state index contributed by atoms with van der Waals surface area (Å²) in [5, 5.41) is 8.43. The summed E-state index contributed by atoms with van der Waals surface area (Å²) in [6.07, 6.45) is 0. The first-order valence-corrected chi connectivity index (χ1v) is 6.40. The molecule has 0 aromatic heterocycles. The molecule has 0 aliphatic heterocycles. The number of nitrogens with zero attached hydrogens (tertiary/aromatic N) is 1. The molecule has 3 rings (SSSR count). The molecule has 1 aliphatic rings. The van der Waals surface area contributed by atoms with E-state index in [-0.39, 0.29) is 11.5 Å². The Morgan fingerprint density at radius 3 is 2.55 bits per heavy atom. The minimum absolute atomic E-state index is 0.159. The van der Waals surface area contributed by atoms with Crippen molar-refractivity contribution in [3.63, 3.8) is 0 Å². The summed E-state index contributed by atoms with van der Waals surface area (Å²) in [6, 6.07) is 10.8. The van der Waals surface area contributed by atoms with Gasteiger partial charge in [-0.05, 0) is 12.3 Å². The smallest absolute Gasteiger partial charge is 0.335 e. The summed E-state index contributed by atoms with van der Waals surface area (Å²) in [5.41, 5.74) is 4.03. The molecule has 20 heavy (non-hydrogen) atoms. The van der Waals surface area contributed by atoms with Gasteiger partial charge in [0.15, 0.2) is 0 Å². The minimum atomic E-state index is -0.420. The Balaban J connectivity index is 2.05. The third kappa shape index (κ3) is 1.84. The standard InChI is InChI=1S/C15H13N3O2/c1-2-16-15(20)18-17-13-10-7-3-5-9-6-4-8-11(12(9)10)14(13)19/h3-8H,2H2,1H3,(H2,16,18,20). The highest BCUT2D eigenvalue weighted by atomic mass is 16.2. The van der Waals surface area contributed by atoms with Crippen molar-refractivity contribution in [2.75, 3.05) is 6.54 Å². The highest BCUT2D eigenvalue weighted by Crippen LogP contribution is 2.30. The first kappa shape index (κ1) is 12.3. The molecule has 0 atom stereocenters. The highest BCUT2D eigenvalue weighted by Gasteiger charge is 2.28. The van der Waals surface area contributed by atoms with E-state index in [1.165, 1.54) is 0 Å². The summed E-state index contributed by atoms with van der Waals surface area (Å²) in [5.74, 6) is -0.159. The van der Waals surface area contributed by atoms with Crippen LogP contribution in [-0.4, -0.2) is 24.1 Å². The zero-order valence-corrected chi connectivity index (χ0v) is 10.9. The van der Waals surface area contributed by atoms with Crippen LogP contribution in [0.5, 0.6) is 0 Å². The van der Waals surface area contributed by atoms with Crippen LogP contribution in [0.25, 0.3) is 10.8 Å². The van der Waals surface area contributed by atoms with E-state index in [1.54, 1.807) is 6.07 Å². The second-order valence-corrected chi connectivity index (χ2v) is 4.47. The predicted octanol–water partition coefficient (Wildman–Crippen LogP) is 2.06. The molecule has 1 aliphatic carbocycles. The van der Waals surface area contributed by atoms with Gasteiger partial charge < -0.3 is 5.32 Å². The number of amides is 2. The third-order valence-electron chi connectivity index (χ3n) is 3.23. The maximum absolute atomic E-state index is 12.3. The zero-order valence-electron chi connectivity index (χ0n) is 10.9. The SMILES string of the molecule is CCNC(=O)NN=C1C(=O)c2cccc3cccc1c23. The highest BCUT2D eigenvalue weighted by molar-refractivity contribution is 6.59. The van der Waals surface area contributed by atoms with Crippen LogP contribution in [0.1, 0.15) is 22.8 Å². The molecule has 5 heteroatoms. The van der Waals surface area contributed by atoms with Crippen molar-refractivity contribution >= 4 is 28.3 Å². The fraction of sp³-hybridized carbons (Fsp3) is 0.133. The van der Waals surface area contributed by atoms with E-state index < -0.39 is 6.03 Å². The fourth-order valence-corrected chi connectivity index (χ4v) is 2.40. The van der Waals surface area contributed by atoms with Crippen LogP contribution < -0.4 is 10.7 Å². The Morgan fingerprint density at radius 1 is 1.15 bits per heavy atom. The van der Waals surface area contributed by atoms with Crippen LogP contribution in [0, 0.1) is 0 Å². The lowest BCUT2D eigenvalue weighted by molar-refractivity contribution is 0.106. The molecule has 2 N–H and O–H groups in total. The topological polar surface area (TPSA) is 70.6 Å². The average Bonchev–Trinajstić information content (AvgIpc) is 2.73. The lowest BCUT2D eigenvalue weighted by Gasteiger charge is -2.02. The van der Waals surface area contributed by atoms with E-state index in [0.29, 0.717) is 12.1 Å². The molecule has 0 fully saturated rings. The van der Waals surface area contributed by atoms with Crippen molar-refractivity contribution in [3.8, 4) is 0 Å². The van der Waals surface area contributed by atoms with Gasteiger partial charge in [-0.15, -0.1) is 0 Å². The average molecular weight is 267 g/mol. The van der Waals surface area contributed by atoms with Crippen LogP contribution >= 0.6 is 0 Å². The number of carbonyl (C=O) groups excluding carboxylic acids is 2. The lowest BCUT2D eigenvalue weighted by atomic mass is 10.1. The quantitative estimate of drug-likeness (QED) is 0.818. The minimum Gasteiger partial charge on any atom is -0.337 e. The molecule has 0 unspecified atom stereocenters. The number of hydrazone groups is 1. The molecule has 0 radical (unpaired) electrons. The summed E-state index contributed by atoms with van der Waals surface area (Å²) in [7, 11) is 0. The maximum Gasteiger partial charge on any atom is 0.335 e. The number of nitrogens with one attached hydrogen (secondary N) is 2. The third-order valence-corrected chi connectivity index (χ3v) is 3.23. The Kier molecular flexibility index (Phi) is 2.95. The number of ketones is 1. The summed E-state index contributed by atoms with van der Waals surface area (Å²) in [6.45, 7) is 2.31. The van der Waals surface area contributed by atoms with Crippen molar-refractivity contribution < 1.29 is 9.59 Å². The first-order chi connectivity index (χ1) is 9.72. The number of rotatable bonds is 2. The maximum atomic E-state index is 12.3. The lowest BCUT2D eigenvalue weighted by Crippen LogP contribution is -2.33. The molecule has 0 bridgehead atoms. The fourth-order valence-electron chi connectivity index (χ4n) is 2.40. The van der Waals surface area contributed by atoms with Gasteiger partial charge in [0.25, 0.3) is 0 Å². The van der Waals surface area contributed by atoms with Gasteiger partial charge in [-0.1, -0.05) is 36.4 Å². The van der Waals surface area contributed by atoms with Crippen LogP contribution in [0.2, 0.25) is 0 Å². The number of hydrogen-bond acceptors (Lipinski definition) is 3. The zero-order chi connectivity index (χ0) is 14.1. The van der Waals surface area contributed by atoms with Gasteiger partial charge in [0.05, 0.1) is 0 Å². The molecule has 5 nitrogen and oxygen atoms in total. The van der Waals surface area contributed by atoms with Gasteiger partial charge in [0.1, 0.15) is 5.71 Å². The van der Waals surface area contributed by atoms with Crippen LogP contribution in [0.15, 0.2) is 41.5 Å². The van der Waals surface area contributed by atoms with Crippen LogP contribution in [0.4, 0.5) is 4.79 Å². The Hall–Kier alpha value is -2.69.